The van der Waals surface area contributed by atoms with E-state index in [-0.39, 0.29) is 11.7 Å². The third-order valence-corrected chi connectivity index (χ3v) is 6.26. The molecule has 3 heterocycles. The Bertz CT molecular complexity index is 1060. The third kappa shape index (κ3) is 5.28. The van der Waals surface area contributed by atoms with Gasteiger partial charge in [-0.25, -0.2) is 4.98 Å². The van der Waals surface area contributed by atoms with Gasteiger partial charge in [-0.15, -0.1) is 10.2 Å². The van der Waals surface area contributed by atoms with Crippen LogP contribution in [0.15, 0.2) is 47.8 Å². The molecule has 1 aliphatic heterocycles. The van der Waals surface area contributed by atoms with Gasteiger partial charge in [-0.1, -0.05) is 41.6 Å². The van der Waals surface area contributed by atoms with Gasteiger partial charge in [0.15, 0.2) is 11.0 Å². The summed E-state index contributed by atoms with van der Waals surface area (Å²) in [7, 11) is 0. The van der Waals surface area contributed by atoms with E-state index in [2.05, 4.69) is 51.4 Å². The summed E-state index contributed by atoms with van der Waals surface area (Å²) in [5, 5.41) is 12.5. The van der Waals surface area contributed by atoms with E-state index >= 15 is 0 Å². The number of pyridine rings is 1. The Hall–Kier alpha value is -2.91. The maximum absolute atomic E-state index is 12.6. The fourth-order valence-corrected chi connectivity index (χ4v) is 4.51. The van der Waals surface area contributed by atoms with E-state index in [1.54, 1.807) is 6.20 Å². The number of carbonyl (C=O) groups excluding carboxylic acids is 1. The predicted molar refractivity (Wildman–Crippen MR) is 126 cm³/mol. The highest BCUT2D eigenvalue weighted by Crippen LogP contribution is 2.24. The number of ether oxygens (including phenoxy) is 1. The number of nitrogens with one attached hydrogen (secondary N) is 1. The maximum Gasteiger partial charge on any atom is 0.230 e. The van der Waals surface area contributed by atoms with Gasteiger partial charge in [0, 0.05) is 43.5 Å². The lowest BCUT2D eigenvalue weighted by atomic mass is 10.1. The molecule has 168 valence electrons. The first-order valence-electron chi connectivity index (χ1n) is 10.8. The highest BCUT2D eigenvalue weighted by atomic mass is 32.2. The fraction of sp³-hybridized carbons (Fsp3) is 0.391. The smallest absolute Gasteiger partial charge is 0.230 e. The quantitative estimate of drug-likeness (QED) is 0.526. The summed E-state index contributed by atoms with van der Waals surface area (Å²) in [6.07, 6.45) is 1.79. The molecule has 0 radical (unpaired) electrons. The highest BCUT2D eigenvalue weighted by molar-refractivity contribution is 7.99. The van der Waals surface area contributed by atoms with Crippen LogP contribution in [0.4, 0.5) is 5.82 Å². The summed E-state index contributed by atoms with van der Waals surface area (Å²) >= 11 is 1.40. The van der Waals surface area contributed by atoms with Crippen molar-refractivity contribution in [2.24, 2.45) is 0 Å². The van der Waals surface area contributed by atoms with Crippen molar-refractivity contribution in [3.8, 4) is 11.4 Å². The minimum absolute atomic E-state index is 0.0467. The summed E-state index contributed by atoms with van der Waals surface area (Å²) in [4.78, 5) is 19.3. The summed E-state index contributed by atoms with van der Waals surface area (Å²) < 4.78 is 7.48. The van der Waals surface area contributed by atoms with Crippen LogP contribution in [0.3, 0.4) is 0 Å². The average Bonchev–Trinajstić information content (AvgIpc) is 3.25. The number of anilines is 1. The molecule has 1 saturated heterocycles. The molecule has 0 unspecified atom stereocenters. The van der Waals surface area contributed by atoms with E-state index in [1.165, 1.54) is 17.3 Å². The summed E-state index contributed by atoms with van der Waals surface area (Å²) in [6, 6.07) is 12.1. The Kier molecular flexibility index (Phi) is 7.39. The van der Waals surface area contributed by atoms with Crippen LogP contribution in [-0.4, -0.2) is 57.7 Å². The zero-order valence-electron chi connectivity index (χ0n) is 18.5. The first kappa shape index (κ1) is 22.3. The lowest BCUT2D eigenvalue weighted by Gasteiger charge is -2.29. The zero-order valence-corrected chi connectivity index (χ0v) is 19.3. The van der Waals surface area contributed by atoms with E-state index in [0.717, 1.165) is 47.6 Å². The number of aromatic nitrogens is 4. The van der Waals surface area contributed by atoms with Gasteiger partial charge in [0.25, 0.3) is 0 Å². The molecule has 1 aliphatic rings. The Morgan fingerprint density at radius 2 is 2.03 bits per heavy atom. The molecule has 0 aliphatic carbocycles. The molecular weight excluding hydrogens is 424 g/mol. The number of morpholine rings is 1. The highest BCUT2D eigenvalue weighted by Gasteiger charge is 2.17. The van der Waals surface area contributed by atoms with Crippen LogP contribution in [0, 0.1) is 6.92 Å². The molecular formula is C23H28N6O2S. The molecule has 2 aromatic heterocycles. The van der Waals surface area contributed by atoms with Crippen molar-refractivity contribution in [3.05, 3.63) is 53.7 Å². The van der Waals surface area contributed by atoms with Crippen LogP contribution in [0.2, 0.25) is 0 Å². The van der Waals surface area contributed by atoms with E-state index in [4.69, 9.17) is 4.74 Å². The van der Waals surface area contributed by atoms with Gasteiger partial charge in [-0.3, -0.25) is 4.79 Å². The number of hydrogen-bond donors (Lipinski definition) is 1. The lowest BCUT2D eigenvalue weighted by molar-refractivity contribution is -0.118. The second-order valence-corrected chi connectivity index (χ2v) is 8.51. The van der Waals surface area contributed by atoms with E-state index in [0.29, 0.717) is 19.8 Å². The van der Waals surface area contributed by atoms with Gasteiger partial charge in [-0.05, 0) is 26.0 Å². The van der Waals surface area contributed by atoms with Crippen LogP contribution in [0.25, 0.3) is 11.4 Å². The predicted octanol–water partition coefficient (Wildman–Crippen LogP) is 2.91. The van der Waals surface area contributed by atoms with Crippen LogP contribution in [-0.2, 0) is 22.6 Å². The molecule has 9 heteroatoms. The number of amides is 1. The topological polar surface area (TPSA) is 85.2 Å². The normalized spacial score (nSPS) is 13.9. The van der Waals surface area contributed by atoms with Crippen LogP contribution < -0.4 is 10.2 Å². The van der Waals surface area contributed by atoms with E-state index < -0.39 is 0 Å². The van der Waals surface area contributed by atoms with Gasteiger partial charge in [0.1, 0.15) is 5.82 Å². The number of nitrogens with zero attached hydrogens (tertiary/aromatic N) is 5. The molecule has 0 bridgehead atoms. The van der Waals surface area contributed by atoms with Gasteiger partial charge >= 0.3 is 0 Å². The standard InChI is InChI=1S/C23H28N6O2S/c1-3-29-22(18-7-4-6-17(2)14-18)26-27-23(29)32-16-20(30)25-15-19-8-5-9-24-21(19)28-10-12-31-13-11-28/h4-9,14H,3,10-13,15-16H2,1-2H3,(H,25,30). The fourth-order valence-electron chi connectivity index (χ4n) is 3.68. The van der Waals surface area contributed by atoms with Crippen molar-refractivity contribution in [2.75, 3.05) is 37.0 Å². The van der Waals surface area contributed by atoms with Gasteiger partial charge in [0.05, 0.1) is 19.0 Å². The van der Waals surface area contributed by atoms with Crippen LogP contribution in [0.5, 0.6) is 0 Å². The Morgan fingerprint density at radius 1 is 1.19 bits per heavy atom. The molecule has 0 spiro atoms. The summed E-state index contributed by atoms with van der Waals surface area (Å²) in [5.74, 6) is 1.97. The van der Waals surface area contributed by atoms with Crippen molar-refractivity contribution >= 4 is 23.5 Å². The monoisotopic (exact) mass is 452 g/mol. The van der Waals surface area contributed by atoms with Crippen molar-refractivity contribution in [1.29, 1.82) is 0 Å². The molecule has 1 fully saturated rings. The number of benzene rings is 1. The Balaban J connectivity index is 1.36. The zero-order chi connectivity index (χ0) is 22.3. The lowest BCUT2D eigenvalue weighted by Crippen LogP contribution is -2.38. The maximum atomic E-state index is 12.6. The van der Waals surface area contributed by atoms with Crippen molar-refractivity contribution in [3.63, 3.8) is 0 Å². The second kappa shape index (κ2) is 10.6. The van der Waals surface area contributed by atoms with Gasteiger partial charge < -0.3 is 19.5 Å². The molecule has 32 heavy (non-hydrogen) atoms. The van der Waals surface area contributed by atoms with Gasteiger partial charge in [0.2, 0.25) is 5.91 Å². The largest absolute Gasteiger partial charge is 0.378 e. The number of carbonyl (C=O) groups is 1. The number of aryl methyl sites for hydroxylation is 1. The molecule has 4 rings (SSSR count). The van der Waals surface area contributed by atoms with Crippen LogP contribution >= 0.6 is 11.8 Å². The summed E-state index contributed by atoms with van der Waals surface area (Å²) in [6.45, 7) is 8.30. The summed E-state index contributed by atoms with van der Waals surface area (Å²) in [5.41, 5.74) is 3.21. The first-order chi connectivity index (χ1) is 15.7. The second-order valence-electron chi connectivity index (χ2n) is 7.57. The number of thioether (sulfide) groups is 1. The first-order valence-corrected chi connectivity index (χ1v) is 11.8. The molecule has 3 aromatic rings. The van der Waals surface area contributed by atoms with E-state index in [1.807, 2.05) is 28.8 Å². The number of rotatable bonds is 8. The Morgan fingerprint density at radius 3 is 2.81 bits per heavy atom. The molecule has 1 N–H and O–H groups in total. The average molecular weight is 453 g/mol. The van der Waals surface area contributed by atoms with E-state index in [9.17, 15) is 4.79 Å². The molecule has 8 nitrogen and oxygen atoms in total. The van der Waals surface area contributed by atoms with Crippen LogP contribution in [0.1, 0.15) is 18.1 Å². The SMILES string of the molecule is CCn1c(SCC(=O)NCc2cccnc2N2CCOCC2)nnc1-c1cccc(C)c1. The van der Waals surface area contributed by atoms with Crippen molar-refractivity contribution < 1.29 is 9.53 Å². The molecule has 1 aromatic carbocycles. The Labute approximate surface area is 192 Å². The minimum Gasteiger partial charge on any atom is -0.378 e. The van der Waals surface area contributed by atoms with Crippen molar-refractivity contribution in [1.82, 2.24) is 25.1 Å². The van der Waals surface area contributed by atoms with Gasteiger partial charge in [-0.2, -0.15) is 0 Å². The third-order valence-electron chi connectivity index (χ3n) is 5.30. The molecule has 0 atom stereocenters. The van der Waals surface area contributed by atoms with Crippen molar-refractivity contribution in [2.45, 2.75) is 32.1 Å². The number of hydrogen-bond acceptors (Lipinski definition) is 7. The minimum atomic E-state index is -0.0467. The molecule has 1 amide bonds. The molecule has 0 saturated carbocycles.